The first-order valence-electron chi connectivity index (χ1n) is 19.0. The van der Waals surface area contributed by atoms with Crippen LogP contribution in [-0.2, 0) is 0 Å². The summed E-state index contributed by atoms with van der Waals surface area (Å²) in [5.74, 6) is 2.89. The molecule has 0 bridgehead atoms. The van der Waals surface area contributed by atoms with Gasteiger partial charge < -0.3 is 9.15 Å². The summed E-state index contributed by atoms with van der Waals surface area (Å²) in [4.78, 5) is 0. The molecule has 2 heteroatoms. The average Bonchev–Trinajstić information content (AvgIpc) is 3.77. The van der Waals surface area contributed by atoms with Gasteiger partial charge in [0, 0.05) is 34.1 Å². The van der Waals surface area contributed by atoms with Crippen molar-refractivity contribution < 1.29 is 9.15 Å². The van der Waals surface area contributed by atoms with Crippen molar-refractivity contribution in [1.29, 1.82) is 0 Å². The molecule has 3 unspecified atom stereocenters. The van der Waals surface area contributed by atoms with Crippen molar-refractivity contribution in [3.05, 3.63) is 198 Å². The highest BCUT2D eigenvalue weighted by atomic mass is 16.5. The Morgan fingerprint density at radius 1 is 0.500 bits per heavy atom. The zero-order valence-electron chi connectivity index (χ0n) is 29.5. The number of rotatable bonds is 3. The molecule has 7 aromatic carbocycles. The molecule has 54 heavy (non-hydrogen) atoms. The minimum atomic E-state index is 0.194. The van der Waals surface area contributed by atoms with E-state index in [2.05, 4.69) is 164 Å². The second kappa shape index (κ2) is 11.4. The van der Waals surface area contributed by atoms with Crippen molar-refractivity contribution >= 4 is 65.4 Å². The molecule has 2 heterocycles. The number of para-hydroxylation sites is 1. The van der Waals surface area contributed by atoms with E-state index in [9.17, 15) is 0 Å². The zero-order chi connectivity index (χ0) is 35.3. The van der Waals surface area contributed by atoms with Gasteiger partial charge in [-0.1, -0.05) is 140 Å². The van der Waals surface area contributed by atoms with Crippen molar-refractivity contribution in [3.8, 4) is 16.9 Å². The van der Waals surface area contributed by atoms with Crippen LogP contribution >= 0.6 is 0 Å². The lowest BCUT2D eigenvalue weighted by molar-refractivity contribution is 0.427. The van der Waals surface area contributed by atoms with Gasteiger partial charge in [0.25, 0.3) is 0 Å². The molecule has 4 aliphatic rings. The fraction of sp³-hybridized carbons (Fsp3) is 0.0769. The van der Waals surface area contributed by atoms with Gasteiger partial charge in [0.1, 0.15) is 22.7 Å². The summed E-state index contributed by atoms with van der Waals surface area (Å²) >= 11 is 0. The summed E-state index contributed by atoms with van der Waals surface area (Å²) < 4.78 is 12.7. The largest absolute Gasteiger partial charge is 0.461 e. The molecule has 0 saturated carbocycles. The lowest BCUT2D eigenvalue weighted by Crippen LogP contribution is -2.15. The van der Waals surface area contributed by atoms with Gasteiger partial charge in [0.15, 0.2) is 0 Å². The number of hydrogen-bond acceptors (Lipinski definition) is 2. The molecule has 1 aromatic heterocycles. The third-order valence-electron chi connectivity index (χ3n) is 12.2. The zero-order valence-corrected chi connectivity index (χ0v) is 29.5. The van der Waals surface area contributed by atoms with Crippen LogP contribution in [0, 0.1) is 11.8 Å². The van der Waals surface area contributed by atoms with E-state index in [4.69, 9.17) is 9.15 Å². The Balaban J connectivity index is 0.913. The van der Waals surface area contributed by atoms with Crippen molar-refractivity contribution in [2.24, 2.45) is 11.8 Å². The molecule has 1 aliphatic heterocycles. The topological polar surface area (TPSA) is 22.4 Å². The molecule has 0 amide bonds. The summed E-state index contributed by atoms with van der Waals surface area (Å²) in [7, 11) is 0. The van der Waals surface area contributed by atoms with Crippen LogP contribution in [0.5, 0.6) is 5.75 Å². The average molecular weight is 691 g/mol. The van der Waals surface area contributed by atoms with Gasteiger partial charge >= 0.3 is 0 Å². The summed E-state index contributed by atoms with van der Waals surface area (Å²) in [6.45, 7) is 0. The van der Waals surface area contributed by atoms with Crippen LogP contribution in [0.15, 0.2) is 186 Å². The Hall–Kier alpha value is -6.64. The first-order valence-corrected chi connectivity index (χ1v) is 19.0. The molecule has 12 rings (SSSR count). The van der Waals surface area contributed by atoms with Crippen LogP contribution in [0.1, 0.15) is 29.0 Å². The molecule has 0 fully saturated rings. The van der Waals surface area contributed by atoms with Gasteiger partial charge in [-0.05, 0) is 109 Å². The van der Waals surface area contributed by atoms with E-state index >= 15 is 0 Å². The van der Waals surface area contributed by atoms with Crippen LogP contribution in [0.25, 0.3) is 76.5 Å². The van der Waals surface area contributed by atoms with Crippen molar-refractivity contribution in [2.45, 2.75) is 12.3 Å². The second-order valence-corrected chi connectivity index (χ2v) is 15.1. The molecule has 3 aliphatic carbocycles. The van der Waals surface area contributed by atoms with Gasteiger partial charge in [-0.25, -0.2) is 0 Å². The standard InChI is InChI=1S/C52H34O2/c1-2-12-37-32(10-1)11-9-18-39(37)52-42-16-5-3-14-40(42)51(41-15-4-6-17-43(41)52)33-22-20-31(21-23-33)34-24-25-48-45(26-34)46-28-35-27-44-38-13-7-8-19-47(38)53-49(44)29-36(35)30-50(46)54-48/h1-25,27-30,32,37,45H,26H2. The highest BCUT2D eigenvalue weighted by Gasteiger charge is 2.33. The monoisotopic (exact) mass is 690 g/mol. The smallest absolute Gasteiger partial charge is 0.136 e. The molecule has 0 spiro atoms. The quantitative estimate of drug-likeness (QED) is 0.172. The summed E-state index contributed by atoms with van der Waals surface area (Å²) in [5, 5.41) is 9.85. The fourth-order valence-electron chi connectivity index (χ4n) is 9.64. The first-order chi connectivity index (χ1) is 26.7. The van der Waals surface area contributed by atoms with Crippen molar-refractivity contribution in [3.63, 3.8) is 0 Å². The Kier molecular flexibility index (Phi) is 6.32. The van der Waals surface area contributed by atoms with Crippen LogP contribution < -0.4 is 4.74 Å². The predicted octanol–water partition coefficient (Wildman–Crippen LogP) is 13.9. The molecule has 254 valence electrons. The lowest BCUT2D eigenvalue weighted by atomic mass is 9.74. The number of benzene rings is 7. The van der Waals surface area contributed by atoms with Crippen LogP contribution in [0.2, 0.25) is 0 Å². The molecule has 0 N–H and O–H groups in total. The van der Waals surface area contributed by atoms with E-state index in [1.807, 2.05) is 12.1 Å². The van der Waals surface area contributed by atoms with Gasteiger partial charge in [-0.3, -0.25) is 0 Å². The van der Waals surface area contributed by atoms with E-state index in [0.717, 1.165) is 45.3 Å². The fourth-order valence-corrected chi connectivity index (χ4v) is 9.64. The van der Waals surface area contributed by atoms with Crippen LogP contribution in [0.4, 0.5) is 0 Å². The van der Waals surface area contributed by atoms with E-state index in [1.54, 1.807) is 0 Å². The number of ether oxygens (including phenoxy) is 1. The Morgan fingerprint density at radius 2 is 1.17 bits per heavy atom. The van der Waals surface area contributed by atoms with Gasteiger partial charge in [-0.15, -0.1) is 0 Å². The third kappa shape index (κ3) is 4.40. The predicted molar refractivity (Wildman–Crippen MR) is 225 cm³/mol. The van der Waals surface area contributed by atoms with E-state index < -0.39 is 0 Å². The minimum absolute atomic E-state index is 0.194. The van der Waals surface area contributed by atoms with E-state index in [1.165, 1.54) is 65.9 Å². The number of fused-ring (bicyclic) bond motifs is 10. The maximum absolute atomic E-state index is 6.49. The van der Waals surface area contributed by atoms with Crippen molar-refractivity contribution in [1.82, 2.24) is 0 Å². The highest BCUT2D eigenvalue weighted by molar-refractivity contribution is 6.19. The lowest BCUT2D eigenvalue weighted by Gasteiger charge is -2.29. The summed E-state index contributed by atoms with van der Waals surface area (Å²) in [5.41, 5.74) is 10.9. The Labute approximate surface area is 313 Å². The normalized spacial score (nSPS) is 19.9. The maximum atomic E-state index is 6.49. The SMILES string of the molecule is C1=CC2C=CC=C(c3c4ccccc4c(-c4ccc(C5=CC=C6Oc7cc8cc9oc%10ccccc%10c9cc8cc7C6C5)cc4)c4ccccc34)C2C=C1. The molecule has 0 radical (unpaired) electrons. The Morgan fingerprint density at radius 3 is 1.96 bits per heavy atom. The van der Waals surface area contributed by atoms with Gasteiger partial charge in [0.05, 0.1) is 0 Å². The summed E-state index contributed by atoms with van der Waals surface area (Å²) in [6.07, 6.45) is 21.3. The number of hydrogen-bond donors (Lipinski definition) is 0. The van der Waals surface area contributed by atoms with Crippen molar-refractivity contribution in [2.75, 3.05) is 0 Å². The Bertz CT molecular complexity index is 3050. The number of allylic oxidation sites excluding steroid dienone is 12. The molecule has 0 saturated heterocycles. The second-order valence-electron chi connectivity index (χ2n) is 15.1. The molecule has 3 atom stereocenters. The highest BCUT2D eigenvalue weighted by Crippen LogP contribution is 2.50. The molecule has 2 nitrogen and oxygen atoms in total. The number of furan rings is 1. The first kappa shape index (κ1) is 29.9. The van der Waals surface area contributed by atoms with Crippen LogP contribution in [0.3, 0.4) is 0 Å². The summed E-state index contributed by atoms with van der Waals surface area (Å²) in [6, 6.07) is 44.5. The maximum Gasteiger partial charge on any atom is 0.136 e. The third-order valence-corrected chi connectivity index (χ3v) is 12.2. The van der Waals surface area contributed by atoms with E-state index in [0.29, 0.717) is 11.8 Å². The van der Waals surface area contributed by atoms with Crippen LogP contribution in [-0.4, -0.2) is 0 Å². The molecular formula is C52H34O2. The van der Waals surface area contributed by atoms with Gasteiger partial charge in [-0.2, -0.15) is 0 Å². The molecule has 8 aromatic rings. The van der Waals surface area contributed by atoms with Gasteiger partial charge in [0.2, 0.25) is 0 Å². The molecular weight excluding hydrogens is 657 g/mol. The minimum Gasteiger partial charge on any atom is -0.461 e. The van der Waals surface area contributed by atoms with E-state index in [-0.39, 0.29) is 5.92 Å².